The Morgan fingerprint density at radius 1 is 1.16 bits per heavy atom. The summed E-state index contributed by atoms with van der Waals surface area (Å²) >= 11 is 0. The predicted molar refractivity (Wildman–Crippen MR) is 91.8 cm³/mol. The third-order valence-corrected chi connectivity index (χ3v) is 5.51. The summed E-state index contributed by atoms with van der Waals surface area (Å²) in [5.74, 6) is 0.167. The van der Waals surface area contributed by atoms with Crippen molar-refractivity contribution in [1.29, 1.82) is 0 Å². The van der Waals surface area contributed by atoms with Crippen LogP contribution in [0.15, 0.2) is 48.9 Å². The van der Waals surface area contributed by atoms with E-state index >= 15 is 0 Å². The molecule has 3 heterocycles. The van der Waals surface area contributed by atoms with Gasteiger partial charge in [0.1, 0.15) is 5.69 Å². The monoisotopic (exact) mass is 336 g/mol. The number of nitrogens with one attached hydrogen (secondary N) is 1. The van der Waals surface area contributed by atoms with Crippen LogP contribution in [0.3, 0.4) is 0 Å². The average Bonchev–Trinajstić information content (AvgIpc) is 2.99. The van der Waals surface area contributed by atoms with Crippen molar-refractivity contribution >= 4 is 11.8 Å². The van der Waals surface area contributed by atoms with E-state index in [9.17, 15) is 9.59 Å². The first-order chi connectivity index (χ1) is 12.2. The number of amides is 2. The van der Waals surface area contributed by atoms with Gasteiger partial charge in [-0.1, -0.05) is 30.3 Å². The molecule has 1 spiro atoms. The van der Waals surface area contributed by atoms with Crippen LogP contribution in [0.4, 0.5) is 0 Å². The van der Waals surface area contributed by atoms with Gasteiger partial charge in [-0.25, -0.2) is 4.98 Å². The van der Waals surface area contributed by atoms with Gasteiger partial charge in [0.05, 0.1) is 11.6 Å². The summed E-state index contributed by atoms with van der Waals surface area (Å²) in [5.41, 5.74) is 1.13. The topological polar surface area (TPSA) is 75.2 Å². The lowest BCUT2D eigenvalue weighted by Crippen LogP contribution is -2.48. The number of likely N-dealkylation sites (tertiary alicyclic amines) is 1. The second-order valence-electron chi connectivity index (χ2n) is 6.71. The zero-order valence-corrected chi connectivity index (χ0v) is 13.9. The number of rotatable bonds is 2. The molecule has 2 aromatic rings. The molecule has 0 aliphatic carbocycles. The largest absolute Gasteiger partial charge is 0.355 e. The Kier molecular flexibility index (Phi) is 3.95. The molecule has 4 rings (SSSR count). The van der Waals surface area contributed by atoms with Gasteiger partial charge in [0.2, 0.25) is 5.91 Å². The Morgan fingerprint density at radius 3 is 2.60 bits per heavy atom. The van der Waals surface area contributed by atoms with E-state index in [1.165, 1.54) is 18.0 Å². The third-order valence-electron chi connectivity index (χ3n) is 5.51. The molecular weight excluding hydrogens is 316 g/mol. The molecule has 1 aromatic heterocycles. The van der Waals surface area contributed by atoms with Gasteiger partial charge < -0.3 is 10.2 Å². The highest BCUT2D eigenvalue weighted by atomic mass is 16.2. The Labute approximate surface area is 146 Å². The van der Waals surface area contributed by atoms with E-state index in [1.54, 1.807) is 11.1 Å². The van der Waals surface area contributed by atoms with Crippen LogP contribution < -0.4 is 5.32 Å². The van der Waals surface area contributed by atoms with E-state index in [1.807, 2.05) is 18.2 Å². The number of carbonyl (C=O) groups excluding carboxylic acids is 2. The zero-order valence-electron chi connectivity index (χ0n) is 13.9. The van der Waals surface area contributed by atoms with Crippen LogP contribution in [0, 0.1) is 5.41 Å². The minimum absolute atomic E-state index is 0.113. The van der Waals surface area contributed by atoms with Crippen molar-refractivity contribution in [3.05, 3.63) is 60.2 Å². The summed E-state index contributed by atoms with van der Waals surface area (Å²) in [4.78, 5) is 35.0. The van der Waals surface area contributed by atoms with E-state index in [0.29, 0.717) is 38.2 Å². The summed E-state index contributed by atoms with van der Waals surface area (Å²) in [5, 5.41) is 3.04. The number of nitrogens with zero attached hydrogens (tertiary/aromatic N) is 3. The van der Waals surface area contributed by atoms with Crippen LogP contribution in [0.2, 0.25) is 0 Å². The molecule has 6 heteroatoms. The van der Waals surface area contributed by atoms with Gasteiger partial charge in [0.15, 0.2) is 0 Å². The van der Waals surface area contributed by atoms with E-state index < -0.39 is 5.41 Å². The number of carbonyl (C=O) groups is 2. The van der Waals surface area contributed by atoms with Crippen molar-refractivity contribution < 1.29 is 9.59 Å². The van der Waals surface area contributed by atoms with Crippen LogP contribution >= 0.6 is 0 Å². The molecule has 128 valence electrons. The normalized spacial score (nSPS) is 22.0. The lowest BCUT2D eigenvalue weighted by atomic mass is 9.68. The summed E-state index contributed by atoms with van der Waals surface area (Å²) < 4.78 is 0. The van der Waals surface area contributed by atoms with Gasteiger partial charge in [-0.05, 0) is 18.4 Å². The Hall–Kier alpha value is -2.76. The first kappa shape index (κ1) is 15.7. The molecule has 2 saturated heterocycles. The first-order valence-electron chi connectivity index (χ1n) is 8.59. The lowest BCUT2D eigenvalue weighted by molar-refractivity contribution is -0.130. The molecule has 2 fully saturated rings. The molecule has 0 radical (unpaired) electrons. The maximum Gasteiger partial charge on any atom is 0.274 e. The van der Waals surface area contributed by atoms with Gasteiger partial charge in [0.25, 0.3) is 5.91 Å². The first-order valence-corrected chi connectivity index (χ1v) is 8.59. The second-order valence-corrected chi connectivity index (χ2v) is 6.71. The Morgan fingerprint density at radius 2 is 1.92 bits per heavy atom. The smallest absolute Gasteiger partial charge is 0.274 e. The van der Waals surface area contributed by atoms with E-state index in [2.05, 4.69) is 27.4 Å². The fourth-order valence-corrected chi connectivity index (χ4v) is 4.10. The molecule has 6 nitrogen and oxygen atoms in total. The molecule has 1 atom stereocenters. The fraction of sp³-hybridized carbons (Fsp3) is 0.368. The third kappa shape index (κ3) is 2.67. The number of benzene rings is 1. The quantitative estimate of drug-likeness (QED) is 0.904. The molecule has 2 amide bonds. The maximum absolute atomic E-state index is 12.6. The van der Waals surface area contributed by atoms with Crippen molar-refractivity contribution in [3.63, 3.8) is 0 Å². The molecule has 1 aromatic carbocycles. The second kappa shape index (κ2) is 6.27. The highest BCUT2D eigenvalue weighted by molar-refractivity contribution is 5.92. The SMILES string of the molecule is O=C(c1cnccn1)N1CCC2(CC1)C(=O)NC[C@@H]2c1ccccc1. The molecule has 2 aliphatic heterocycles. The molecule has 0 saturated carbocycles. The fourth-order valence-electron chi connectivity index (χ4n) is 4.10. The van der Waals surface area contributed by atoms with Crippen LogP contribution in [0.5, 0.6) is 0 Å². The number of aromatic nitrogens is 2. The van der Waals surface area contributed by atoms with Crippen LogP contribution in [-0.4, -0.2) is 46.3 Å². The van der Waals surface area contributed by atoms with Crippen molar-refractivity contribution in [1.82, 2.24) is 20.2 Å². The maximum atomic E-state index is 12.6. The standard InChI is InChI=1S/C19H20N4O2/c24-17(16-13-20-8-9-21-16)23-10-6-19(7-11-23)15(12-22-18(19)25)14-4-2-1-3-5-14/h1-5,8-9,13,15H,6-7,10-12H2,(H,22,25)/t15-/m1/s1. The van der Waals surface area contributed by atoms with Crippen molar-refractivity contribution in [2.45, 2.75) is 18.8 Å². The molecule has 1 N–H and O–H groups in total. The summed E-state index contributed by atoms with van der Waals surface area (Å²) in [7, 11) is 0. The predicted octanol–water partition coefficient (Wildman–Crippen LogP) is 1.61. The van der Waals surface area contributed by atoms with E-state index in [0.717, 1.165) is 0 Å². The highest BCUT2D eigenvalue weighted by Crippen LogP contribution is 2.47. The van der Waals surface area contributed by atoms with Crippen molar-refractivity contribution in [3.8, 4) is 0 Å². The number of piperidine rings is 1. The van der Waals surface area contributed by atoms with Gasteiger partial charge in [0, 0.05) is 37.9 Å². The van der Waals surface area contributed by atoms with Crippen LogP contribution in [0.1, 0.15) is 34.8 Å². The Bertz CT molecular complexity index is 771. The van der Waals surface area contributed by atoms with Crippen LogP contribution in [-0.2, 0) is 4.79 Å². The Balaban J connectivity index is 1.53. The van der Waals surface area contributed by atoms with Crippen molar-refractivity contribution in [2.24, 2.45) is 5.41 Å². The molecule has 0 bridgehead atoms. The summed E-state index contributed by atoms with van der Waals surface area (Å²) in [6.07, 6.45) is 5.90. The van der Waals surface area contributed by atoms with Crippen LogP contribution in [0.25, 0.3) is 0 Å². The summed E-state index contributed by atoms with van der Waals surface area (Å²) in [6, 6.07) is 10.2. The minimum atomic E-state index is -0.416. The van der Waals surface area contributed by atoms with Gasteiger partial charge >= 0.3 is 0 Å². The van der Waals surface area contributed by atoms with Crippen molar-refractivity contribution in [2.75, 3.05) is 19.6 Å². The number of hydrogen-bond acceptors (Lipinski definition) is 4. The highest BCUT2D eigenvalue weighted by Gasteiger charge is 2.52. The lowest BCUT2D eigenvalue weighted by Gasteiger charge is -2.40. The minimum Gasteiger partial charge on any atom is -0.355 e. The van der Waals surface area contributed by atoms with Gasteiger partial charge in [-0.15, -0.1) is 0 Å². The summed E-state index contributed by atoms with van der Waals surface area (Å²) in [6.45, 7) is 1.79. The van der Waals surface area contributed by atoms with E-state index in [-0.39, 0.29) is 17.7 Å². The molecule has 25 heavy (non-hydrogen) atoms. The molecule has 2 aliphatic rings. The molecule has 0 unspecified atom stereocenters. The van der Waals surface area contributed by atoms with E-state index in [4.69, 9.17) is 0 Å². The molecular formula is C19H20N4O2. The average molecular weight is 336 g/mol. The van der Waals surface area contributed by atoms with Gasteiger partial charge in [-0.2, -0.15) is 0 Å². The number of hydrogen-bond donors (Lipinski definition) is 1. The zero-order chi connectivity index (χ0) is 17.3. The van der Waals surface area contributed by atoms with Gasteiger partial charge in [-0.3, -0.25) is 14.6 Å².